The van der Waals surface area contributed by atoms with Crippen molar-refractivity contribution >= 4 is 21.7 Å². The summed E-state index contributed by atoms with van der Waals surface area (Å²) < 4.78 is 55.4. The van der Waals surface area contributed by atoms with E-state index < -0.39 is 39.6 Å². The molecule has 0 saturated carbocycles. The number of nitrogens with zero attached hydrogens (tertiary/aromatic N) is 3. The zero-order valence-corrected chi connectivity index (χ0v) is 17.9. The van der Waals surface area contributed by atoms with Crippen LogP contribution in [0.3, 0.4) is 0 Å². The second kappa shape index (κ2) is 8.67. The zero-order valence-electron chi connectivity index (χ0n) is 17.1. The lowest BCUT2D eigenvalue weighted by atomic mass is 9.94. The van der Waals surface area contributed by atoms with Crippen molar-refractivity contribution in [3.05, 3.63) is 78.3 Å². The molecule has 2 heterocycles. The molecule has 8 nitrogen and oxygen atoms in total. The highest BCUT2D eigenvalue weighted by Crippen LogP contribution is 2.31. The number of aromatic nitrogens is 2. The van der Waals surface area contributed by atoms with Gasteiger partial charge in [-0.1, -0.05) is 12.1 Å². The monoisotopic (exact) mass is 461 g/mol. The Labute approximate surface area is 183 Å². The van der Waals surface area contributed by atoms with Crippen molar-refractivity contribution < 1.29 is 22.0 Å². The number of urea groups is 1. The maximum absolute atomic E-state index is 13.4. The molecule has 1 aliphatic heterocycles. The van der Waals surface area contributed by atoms with Gasteiger partial charge in [0, 0.05) is 37.9 Å². The Morgan fingerprint density at radius 1 is 1.03 bits per heavy atom. The Kier molecular flexibility index (Phi) is 5.94. The van der Waals surface area contributed by atoms with Gasteiger partial charge in [0.15, 0.2) is 5.03 Å². The number of anilines is 1. The van der Waals surface area contributed by atoms with Crippen molar-refractivity contribution in [3.63, 3.8) is 0 Å². The molecule has 0 aliphatic carbocycles. The van der Waals surface area contributed by atoms with Gasteiger partial charge in [-0.15, -0.1) is 0 Å². The molecule has 0 spiro atoms. The van der Waals surface area contributed by atoms with Gasteiger partial charge in [0.05, 0.1) is 12.4 Å². The van der Waals surface area contributed by atoms with Crippen LogP contribution in [0.5, 0.6) is 0 Å². The average molecular weight is 461 g/mol. The third-order valence-corrected chi connectivity index (χ3v) is 7.01. The van der Waals surface area contributed by atoms with Gasteiger partial charge < -0.3 is 15.2 Å². The summed E-state index contributed by atoms with van der Waals surface area (Å²) in [6.45, 7) is 0.101. The van der Waals surface area contributed by atoms with Crippen molar-refractivity contribution in [2.24, 2.45) is 7.05 Å². The van der Waals surface area contributed by atoms with Crippen LogP contribution in [0.15, 0.2) is 66.1 Å². The van der Waals surface area contributed by atoms with E-state index in [0.29, 0.717) is 11.3 Å². The minimum atomic E-state index is -3.89. The molecule has 2 N–H and O–H groups in total. The first-order valence-electron chi connectivity index (χ1n) is 9.79. The number of carbonyl (C=O) groups excluding carboxylic acids is 1. The van der Waals surface area contributed by atoms with Crippen LogP contribution < -0.4 is 10.6 Å². The van der Waals surface area contributed by atoms with Crippen LogP contribution >= 0.6 is 0 Å². The molecule has 1 saturated heterocycles. The van der Waals surface area contributed by atoms with Gasteiger partial charge in [0.1, 0.15) is 11.6 Å². The second-order valence-electron chi connectivity index (χ2n) is 7.57. The molecular formula is C21H21F2N5O3S. The van der Waals surface area contributed by atoms with Crippen LogP contribution in [0.2, 0.25) is 0 Å². The molecule has 0 bridgehead atoms. The number of benzene rings is 2. The molecule has 168 valence electrons. The van der Waals surface area contributed by atoms with E-state index in [4.69, 9.17) is 0 Å². The minimum Gasteiger partial charge on any atom is -0.339 e. The number of hydrogen-bond donors (Lipinski definition) is 2. The van der Waals surface area contributed by atoms with Gasteiger partial charge in [-0.25, -0.2) is 27.0 Å². The summed E-state index contributed by atoms with van der Waals surface area (Å²) in [4.78, 5) is 16.5. The molecule has 3 aromatic rings. The molecule has 0 radical (unpaired) electrons. The molecule has 2 amide bonds. The molecule has 2 atom stereocenters. The van der Waals surface area contributed by atoms with E-state index in [2.05, 4.69) is 15.6 Å². The number of rotatable bonds is 5. The van der Waals surface area contributed by atoms with Crippen LogP contribution in [0, 0.1) is 11.6 Å². The van der Waals surface area contributed by atoms with E-state index in [1.165, 1.54) is 57.8 Å². The largest absolute Gasteiger partial charge is 0.339 e. The normalized spacial score (nSPS) is 19.1. The number of aryl methyl sites for hydroxylation is 1. The average Bonchev–Trinajstić information content (AvgIpc) is 3.38. The van der Waals surface area contributed by atoms with Gasteiger partial charge in [0.2, 0.25) is 0 Å². The fraction of sp³-hybridized carbons (Fsp3) is 0.238. The first kappa shape index (κ1) is 21.9. The number of halogens is 2. The Morgan fingerprint density at radius 2 is 1.66 bits per heavy atom. The van der Waals surface area contributed by atoms with Crippen molar-refractivity contribution in [2.75, 3.05) is 18.4 Å². The highest BCUT2D eigenvalue weighted by molar-refractivity contribution is 7.89. The first-order valence-corrected chi connectivity index (χ1v) is 11.2. The molecule has 1 fully saturated rings. The Bertz CT molecular complexity index is 1210. The van der Waals surface area contributed by atoms with E-state index in [1.54, 1.807) is 19.2 Å². The molecule has 32 heavy (non-hydrogen) atoms. The highest BCUT2D eigenvalue weighted by atomic mass is 32.2. The Hall–Kier alpha value is -3.31. The molecular weight excluding hydrogens is 440 g/mol. The van der Waals surface area contributed by atoms with Gasteiger partial charge in [-0.05, 0) is 42.0 Å². The van der Waals surface area contributed by atoms with E-state index in [1.807, 2.05) is 0 Å². The van der Waals surface area contributed by atoms with Gasteiger partial charge in [-0.2, -0.15) is 4.31 Å². The summed E-state index contributed by atoms with van der Waals surface area (Å²) >= 11 is 0. The van der Waals surface area contributed by atoms with E-state index in [9.17, 15) is 22.0 Å². The van der Waals surface area contributed by atoms with Gasteiger partial charge in [-0.3, -0.25) is 0 Å². The summed E-state index contributed by atoms with van der Waals surface area (Å²) in [5, 5.41) is 5.31. The van der Waals surface area contributed by atoms with Crippen molar-refractivity contribution in [1.29, 1.82) is 0 Å². The standard InChI is InChI=1S/C21H21F2N5O3S/c1-27-12-20(24-13-27)32(30,31)28-10-18(14-2-4-15(22)5-3-14)19(11-28)26-21(29)25-17-8-6-16(23)7-9-17/h2-9,12-13,18-19H,10-11H2,1H3,(H2,25,26,29)/t18-,19+/m1/s1. The maximum atomic E-state index is 13.4. The van der Waals surface area contributed by atoms with E-state index >= 15 is 0 Å². The second-order valence-corrected chi connectivity index (χ2v) is 9.45. The van der Waals surface area contributed by atoms with E-state index in [0.717, 1.165) is 0 Å². The van der Waals surface area contributed by atoms with Crippen LogP contribution in [0.25, 0.3) is 0 Å². The van der Waals surface area contributed by atoms with E-state index in [-0.39, 0.29) is 18.1 Å². The summed E-state index contributed by atoms with van der Waals surface area (Å²) in [5.41, 5.74) is 1.08. The summed E-state index contributed by atoms with van der Waals surface area (Å²) in [7, 11) is -2.22. The third-order valence-electron chi connectivity index (χ3n) is 5.29. The first-order chi connectivity index (χ1) is 15.2. The fourth-order valence-electron chi connectivity index (χ4n) is 3.68. The van der Waals surface area contributed by atoms with Crippen molar-refractivity contribution in [1.82, 2.24) is 19.2 Å². The lowest BCUT2D eigenvalue weighted by Crippen LogP contribution is -2.42. The minimum absolute atomic E-state index is 0.0117. The van der Waals surface area contributed by atoms with Gasteiger partial charge >= 0.3 is 6.03 Å². The lowest BCUT2D eigenvalue weighted by Gasteiger charge is -2.20. The van der Waals surface area contributed by atoms with Crippen molar-refractivity contribution in [3.8, 4) is 0 Å². The molecule has 1 aliphatic rings. The highest BCUT2D eigenvalue weighted by Gasteiger charge is 2.41. The number of amides is 2. The number of sulfonamides is 1. The Balaban J connectivity index is 1.56. The molecule has 0 unspecified atom stereocenters. The number of imidazole rings is 1. The van der Waals surface area contributed by atoms with Crippen LogP contribution in [-0.4, -0.2) is 47.4 Å². The predicted molar refractivity (Wildman–Crippen MR) is 113 cm³/mol. The van der Waals surface area contributed by atoms with Crippen LogP contribution in [-0.2, 0) is 17.1 Å². The number of nitrogens with one attached hydrogen (secondary N) is 2. The number of carbonyl (C=O) groups is 1. The fourth-order valence-corrected chi connectivity index (χ4v) is 5.14. The maximum Gasteiger partial charge on any atom is 0.319 e. The smallest absolute Gasteiger partial charge is 0.319 e. The lowest BCUT2D eigenvalue weighted by molar-refractivity contribution is 0.248. The predicted octanol–water partition coefficient (Wildman–Crippen LogP) is 2.68. The quantitative estimate of drug-likeness (QED) is 0.611. The molecule has 2 aromatic carbocycles. The SMILES string of the molecule is Cn1cnc(S(=O)(=O)N2C[C@H](NC(=O)Nc3ccc(F)cc3)[C@@H](c3ccc(F)cc3)C2)c1. The molecule has 1 aromatic heterocycles. The topological polar surface area (TPSA) is 96.3 Å². The van der Waals surface area contributed by atoms with Crippen molar-refractivity contribution in [2.45, 2.75) is 17.0 Å². The summed E-state index contributed by atoms with van der Waals surface area (Å²) in [6, 6.07) is 9.85. The molecule has 11 heteroatoms. The summed E-state index contributed by atoms with van der Waals surface area (Å²) in [6.07, 6.45) is 2.80. The number of hydrogen-bond acceptors (Lipinski definition) is 4. The van der Waals surface area contributed by atoms with Gasteiger partial charge in [0.25, 0.3) is 10.0 Å². The zero-order chi connectivity index (χ0) is 22.9. The third kappa shape index (κ3) is 4.63. The summed E-state index contributed by atoms with van der Waals surface area (Å²) in [5.74, 6) is -1.25. The van der Waals surface area contributed by atoms with Crippen LogP contribution in [0.4, 0.5) is 19.3 Å². The van der Waals surface area contributed by atoms with Crippen LogP contribution in [0.1, 0.15) is 11.5 Å². The Morgan fingerprint density at radius 3 is 2.25 bits per heavy atom. The molecule has 4 rings (SSSR count).